The highest BCUT2D eigenvalue weighted by Crippen LogP contribution is 2.34. The summed E-state index contributed by atoms with van der Waals surface area (Å²) in [5.41, 5.74) is 7.90. The van der Waals surface area contributed by atoms with Crippen molar-refractivity contribution in [3.8, 4) is 5.88 Å². The Hall–Kier alpha value is -2.85. The molecule has 3 aromatic rings. The van der Waals surface area contributed by atoms with Gasteiger partial charge in [0.2, 0.25) is 11.8 Å². The number of nitrogens with zero attached hydrogens (tertiary/aromatic N) is 4. The van der Waals surface area contributed by atoms with E-state index in [1.807, 2.05) is 34.9 Å². The number of hydrogen-bond donors (Lipinski definition) is 2. The van der Waals surface area contributed by atoms with Gasteiger partial charge in [0.1, 0.15) is 20.7 Å². The zero-order valence-corrected chi connectivity index (χ0v) is 19.8. The Morgan fingerprint density at radius 3 is 2.79 bits per heavy atom. The van der Waals surface area contributed by atoms with E-state index in [1.54, 1.807) is 20.2 Å². The molecule has 0 amide bonds. The molecule has 3 rings (SSSR count). The molecule has 0 fully saturated rings. The van der Waals surface area contributed by atoms with E-state index in [0.29, 0.717) is 49.8 Å². The summed E-state index contributed by atoms with van der Waals surface area (Å²) >= 11 is 0. The van der Waals surface area contributed by atoms with E-state index in [-0.39, 0.29) is 11.9 Å². The van der Waals surface area contributed by atoms with Crippen LogP contribution in [0.2, 0.25) is 0 Å². The van der Waals surface area contributed by atoms with Gasteiger partial charge in [-0.05, 0) is 19.4 Å². The van der Waals surface area contributed by atoms with Crippen LogP contribution in [0, 0.1) is 0 Å². The molecular weight excluding hydrogens is 447 g/mol. The Morgan fingerprint density at radius 1 is 1.27 bits per heavy atom. The van der Waals surface area contributed by atoms with Crippen molar-refractivity contribution >= 4 is 31.4 Å². The van der Waals surface area contributed by atoms with Gasteiger partial charge in [0.15, 0.2) is 11.2 Å². The Labute approximate surface area is 193 Å². The van der Waals surface area contributed by atoms with E-state index in [1.165, 1.54) is 7.11 Å². The molecule has 0 spiro atoms. The zero-order valence-electron chi connectivity index (χ0n) is 18.9. The highest BCUT2D eigenvalue weighted by atomic mass is 31.2. The zero-order chi connectivity index (χ0) is 23.6. The summed E-state index contributed by atoms with van der Waals surface area (Å²) < 4.78 is 24.0. The van der Waals surface area contributed by atoms with Gasteiger partial charge in [0, 0.05) is 6.54 Å². The fourth-order valence-corrected chi connectivity index (χ4v) is 4.29. The van der Waals surface area contributed by atoms with Gasteiger partial charge >= 0.3 is 5.97 Å². The van der Waals surface area contributed by atoms with E-state index >= 15 is 0 Å². The van der Waals surface area contributed by atoms with Crippen LogP contribution in [0.25, 0.3) is 11.2 Å². The molecule has 12 heteroatoms. The van der Waals surface area contributed by atoms with Gasteiger partial charge in [-0.25, -0.2) is 4.98 Å². The molecule has 0 saturated carbocycles. The average molecular weight is 476 g/mol. The summed E-state index contributed by atoms with van der Waals surface area (Å²) in [4.78, 5) is 24.6. The smallest absolute Gasteiger partial charge is 0.323 e. The lowest BCUT2D eigenvalue weighted by atomic mass is 10.2. The first-order valence-corrected chi connectivity index (χ1v) is 11.9. The number of imidazole rings is 1. The number of nitrogens with one attached hydrogen (secondary N) is 1. The van der Waals surface area contributed by atoms with Crippen LogP contribution < -0.4 is 15.6 Å². The largest absolute Gasteiger partial charge is 0.479 e. The van der Waals surface area contributed by atoms with Crippen LogP contribution in [-0.4, -0.2) is 58.2 Å². The van der Waals surface area contributed by atoms with Crippen LogP contribution in [0.1, 0.15) is 19.4 Å². The molecule has 2 aromatic heterocycles. The van der Waals surface area contributed by atoms with E-state index in [9.17, 15) is 4.79 Å². The predicted molar refractivity (Wildman–Crippen MR) is 124 cm³/mol. The van der Waals surface area contributed by atoms with Crippen molar-refractivity contribution in [3.63, 3.8) is 0 Å². The molecule has 3 N–H and O–H groups in total. The molecule has 0 aliphatic carbocycles. The number of benzene rings is 1. The van der Waals surface area contributed by atoms with Crippen molar-refractivity contribution in [1.82, 2.24) is 24.6 Å². The van der Waals surface area contributed by atoms with Crippen LogP contribution in [-0.2, 0) is 31.9 Å². The lowest BCUT2D eigenvalue weighted by Gasteiger charge is -2.22. The quantitative estimate of drug-likeness (QED) is 0.215. The highest BCUT2D eigenvalue weighted by molar-refractivity contribution is 7.50. The summed E-state index contributed by atoms with van der Waals surface area (Å²) in [6.45, 7) is 5.11. The van der Waals surface area contributed by atoms with Crippen LogP contribution in [0.4, 0.5) is 5.95 Å². The Kier molecular flexibility index (Phi) is 9.32. The summed E-state index contributed by atoms with van der Waals surface area (Å²) in [6.07, 6.45) is 1.93. The normalized spacial score (nSPS) is 13.1. The number of fused-ring (bicyclic) bond motifs is 1. The second-order valence-corrected chi connectivity index (χ2v) is 8.51. The molecular formula is C21H29N6O5P. The number of hydrogen-bond acceptors (Lipinski definition) is 10. The fraction of sp³-hybridized carbons (Fsp3) is 0.429. The van der Waals surface area contributed by atoms with E-state index in [2.05, 4.69) is 20.0 Å². The summed E-state index contributed by atoms with van der Waals surface area (Å²) in [5.74, 6) is 0.105. The fourth-order valence-electron chi connectivity index (χ4n) is 2.93. The molecule has 0 saturated heterocycles. The molecule has 33 heavy (non-hydrogen) atoms. The van der Waals surface area contributed by atoms with E-state index in [4.69, 9.17) is 24.5 Å². The number of esters is 1. The predicted octanol–water partition coefficient (Wildman–Crippen LogP) is 2.46. The number of anilines is 1. The maximum absolute atomic E-state index is 12.0. The average Bonchev–Trinajstić information content (AvgIpc) is 3.22. The van der Waals surface area contributed by atoms with Gasteiger partial charge in [-0.15, -0.1) is 0 Å². The van der Waals surface area contributed by atoms with Crippen LogP contribution >= 0.6 is 8.30 Å². The molecule has 1 unspecified atom stereocenters. The van der Waals surface area contributed by atoms with Crippen LogP contribution in [0.5, 0.6) is 5.88 Å². The SMILES string of the molecule is CCOC(=O)[C@H](C)NP(COCCn1cnc2c(OC)nc(N)nc21)OCc1ccccc1. The minimum absolute atomic E-state index is 0.108. The number of nitrogen functional groups attached to an aromatic ring is 1. The second-order valence-electron chi connectivity index (χ2n) is 6.98. The summed E-state index contributed by atoms with van der Waals surface area (Å²) in [6, 6.07) is 9.30. The molecule has 178 valence electrons. The molecule has 0 bridgehead atoms. The van der Waals surface area contributed by atoms with Crippen molar-refractivity contribution in [2.24, 2.45) is 0 Å². The third-order valence-corrected chi connectivity index (χ3v) is 6.07. The first-order valence-electron chi connectivity index (χ1n) is 10.5. The molecule has 2 heterocycles. The standard InChI is InChI=1S/C21H29N6O5P/c1-4-31-20(28)15(2)26-33(32-12-16-8-6-5-7-9-16)14-30-11-10-27-13-23-17-18(27)24-21(22)25-19(17)29-3/h5-9,13,15,26H,4,10-12,14H2,1-3H3,(H2,22,24,25)/t15-,33?/m0/s1. The topological polar surface area (TPSA) is 136 Å². The number of carbonyl (C=O) groups excluding carboxylic acids is 1. The lowest BCUT2D eigenvalue weighted by molar-refractivity contribution is -0.144. The Bertz CT molecular complexity index is 1030. The molecule has 0 radical (unpaired) electrons. The molecule has 0 aliphatic rings. The third kappa shape index (κ3) is 7.06. The van der Waals surface area contributed by atoms with Gasteiger partial charge in [0.25, 0.3) is 0 Å². The first-order chi connectivity index (χ1) is 16.0. The maximum Gasteiger partial charge on any atom is 0.323 e. The monoisotopic (exact) mass is 476 g/mol. The van der Waals surface area contributed by atoms with Crippen LogP contribution in [0.3, 0.4) is 0 Å². The Balaban J connectivity index is 1.57. The maximum atomic E-state index is 12.0. The lowest BCUT2D eigenvalue weighted by Crippen LogP contribution is -2.33. The van der Waals surface area contributed by atoms with Gasteiger partial charge in [0.05, 0.1) is 33.3 Å². The van der Waals surface area contributed by atoms with Gasteiger partial charge < -0.3 is 29.0 Å². The first kappa shape index (κ1) is 24.8. The van der Waals surface area contributed by atoms with Crippen molar-refractivity contribution in [3.05, 3.63) is 42.2 Å². The number of rotatable bonds is 13. The van der Waals surface area contributed by atoms with Crippen LogP contribution in [0.15, 0.2) is 36.7 Å². The van der Waals surface area contributed by atoms with E-state index in [0.717, 1.165) is 5.56 Å². The number of carbonyl (C=O) groups is 1. The second kappa shape index (κ2) is 12.4. The molecule has 11 nitrogen and oxygen atoms in total. The summed E-state index contributed by atoms with van der Waals surface area (Å²) in [5, 5.41) is 3.19. The number of nitrogens with two attached hydrogens (primary N) is 1. The van der Waals surface area contributed by atoms with Crippen molar-refractivity contribution in [1.29, 1.82) is 0 Å². The molecule has 2 atom stereocenters. The minimum Gasteiger partial charge on any atom is -0.479 e. The van der Waals surface area contributed by atoms with Crippen molar-refractivity contribution < 1.29 is 23.5 Å². The third-order valence-electron chi connectivity index (χ3n) is 4.54. The highest BCUT2D eigenvalue weighted by Gasteiger charge is 2.20. The van der Waals surface area contributed by atoms with Gasteiger partial charge in [-0.2, -0.15) is 9.97 Å². The number of ether oxygens (including phenoxy) is 3. The molecule has 0 aliphatic heterocycles. The minimum atomic E-state index is -1.25. The van der Waals surface area contributed by atoms with Crippen molar-refractivity contribution in [2.45, 2.75) is 33.0 Å². The number of aromatic nitrogens is 4. The Morgan fingerprint density at radius 2 is 2.06 bits per heavy atom. The molecule has 1 aromatic carbocycles. The van der Waals surface area contributed by atoms with Gasteiger partial charge in [-0.3, -0.25) is 9.88 Å². The van der Waals surface area contributed by atoms with E-state index < -0.39 is 14.3 Å². The van der Waals surface area contributed by atoms with Gasteiger partial charge in [-0.1, -0.05) is 30.3 Å². The summed E-state index contributed by atoms with van der Waals surface area (Å²) in [7, 11) is 0.258. The van der Waals surface area contributed by atoms with Crippen molar-refractivity contribution in [2.75, 3.05) is 32.4 Å². The number of methoxy groups -OCH3 is 1.